The molecule has 1 heterocycles. The minimum absolute atomic E-state index is 0.0855. The number of hydrogen-bond donors (Lipinski definition) is 7. The van der Waals surface area contributed by atoms with Gasteiger partial charge in [0.15, 0.2) is 5.96 Å². The number of benzene rings is 2. The first-order chi connectivity index (χ1) is 20.0. The number of carboxylic acid groups (broad SMARTS) is 1. The number of nitrogens with zero attached hydrogens (tertiary/aromatic N) is 2. The maximum absolute atomic E-state index is 13.6. The zero-order chi connectivity index (χ0) is 30.6. The maximum atomic E-state index is 13.6. The zero-order valence-electron chi connectivity index (χ0n) is 23.3. The Labute approximate surface area is 244 Å². The largest absolute Gasteiger partial charge is 0.508 e. The van der Waals surface area contributed by atoms with E-state index in [1.54, 1.807) is 24.3 Å². The van der Waals surface area contributed by atoms with Crippen LogP contribution in [0.2, 0.25) is 0 Å². The molecule has 10 N–H and O–H groups in total. The number of carbonyl (C=O) groups is 4. The first kappa shape index (κ1) is 31.9. The van der Waals surface area contributed by atoms with Crippen molar-refractivity contribution in [2.45, 2.75) is 62.7 Å². The Morgan fingerprint density at radius 1 is 0.929 bits per heavy atom. The predicted molar refractivity (Wildman–Crippen MR) is 156 cm³/mol. The van der Waals surface area contributed by atoms with E-state index >= 15 is 0 Å². The van der Waals surface area contributed by atoms with E-state index in [1.165, 1.54) is 17.0 Å². The molecular formula is C29H39N7O6. The summed E-state index contributed by atoms with van der Waals surface area (Å²) in [5.41, 5.74) is 18.4. The molecule has 0 spiro atoms. The fourth-order valence-electron chi connectivity index (χ4n) is 4.84. The second-order valence-corrected chi connectivity index (χ2v) is 10.3. The number of nitrogens with two attached hydrogens (primary N) is 3. The minimum atomic E-state index is -1.11. The molecule has 3 rings (SSSR count). The molecule has 0 aliphatic carbocycles. The smallest absolute Gasteiger partial charge is 0.326 e. The molecule has 42 heavy (non-hydrogen) atoms. The molecule has 13 nitrogen and oxygen atoms in total. The van der Waals surface area contributed by atoms with Crippen LogP contribution in [-0.2, 0) is 32.0 Å². The lowest BCUT2D eigenvalue weighted by Crippen LogP contribution is -2.57. The Hall–Kier alpha value is -4.65. The van der Waals surface area contributed by atoms with Crippen LogP contribution in [0.3, 0.4) is 0 Å². The number of likely N-dealkylation sites (tertiary alicyclic amines) is 1. The molecular weight excluding hydrogens is 542 g/mol. The van der Waals surface area contributed by atoms with Crippen LogP contribution in [0, 0.1) is 0 Å². The van der Waals surface area contributed by atoms with Crippen LogP contribution < -0.4 is 27.8 Å². The number of amides is 3. The normalized spacial score (nSPS) is 16.6. The Bertz CT molecular complexity index is 1250. The highest BCUT2D eigenvalue weighted by Crippen LogP contribution is 2.20. The van der Waals surface area contributed by atoms with Crippen LogP contribution >= 0.6 is 0 Å². The van der Waals surface area contributed by atoms with Crippen LogP contribution in [0.25, 0.3) is 0 Å². The zero-order valence-corrected chi connectivity index (χ0v) is 23.3. The fourth-order valence-corrected chi connectivity index (χ4v) is 4.84. The van der Waals surface area contributed by atoms with Gasteiger partial charge in [-0.2, -0.15) is 0 Å². The van der Waals surface area contributed by atoms with Crippen molar-refractivity contribution in [2.24, 2.45) is 22.2 Å². The molecule has 3 amide bonds. The SMILES string of the molecule is NC(N)=NCCCC(NC(=O)C(Cc1ccccc1)NC(=O)C(N)Cc1ccc(O)cc1)C(=O)N1CCCC1C(=O)O. The van der Waals surface area contributed by atoms with Gasteiger partial charge in [0.05, 0.1) is 6.04 Å². The van der Waals surface area contributed by atoms with Gasteiger partial charge in [-0.3, -0.25) is 19.4 Å². The number of phenolic OH excluding ortho intramolecular Hbond substituents is 1. The maximum Gasteiger partial charge on any atom is 0.326 e. The van der Waals surface area contributed by atoms with Gasteiger partial charge in [-0.15, -0.1) is 0 Å². The lowest BCUT2D eigenvalue weighted by Gasteiger charge is -2.29. The molecule has 4 unspecified atom stereocenters. The van der Waals surface area contributed by atoms with Crippen LogP contribution in [0.15, 0.2) is 59.6 Å². The fraction of sp³-hybridized carbons (Fsp3) is 0.414. The quantitative estimate of drug-likeness (QED) is 0.0874. The lowest BCUT2D eigenvalue weighted by atomic mass is 10.0. The molecule has 226 valence electrons. The van der Waals surface area contributed by atoms with Crippen molar-refractivity contribution in [3.63, 3.8) is 0 Å². The van der Waals surface area contributed by atoms with Gasteiger partial charge in [-0.25, -0.2) is 4.79 Å². The number of aliphatic carboxylic acids is 1. The molecule has 0 radical (unpaired) electrons. The average Bonchev–Trinajstić information content (AvgIpc) is 3.46. The standard InChI is InChI=1S/C29H39N7O6/c30-21(16-19-10-12-20(37)13-11-19)25(38)35-23(17-18-6-2-1-3-7-18)26(39)34-22(8-4-14-33-29(31)32)27(40)36-15-5-9-24(36)28(41)42/h1-3,6-7,10-13,21-24,37H,4-5,8-9,14-17,30H2,(H,34,39)(H,35,38)(H,41,42)(H4,31,32,33). The summed E-state index contributed by atoms with van der Waals surface area (Å²) in [6, 6.07) is 11.2. The Morgan fingerprint density at radius 3 is 2.21 bits per heavy atom. The molecule has 2 aromatic carbocycles. The van der Waals surface area contributed by atoms with Crippen LogP contribution in [0.4, 0.5) is 0 Å². The van der Waals surface area contributed by atoms with E-state index in [-0.39, 0.29) is 44.1 Å². The first-order valence-electron chi connectivity index (χ1n) is 13.8. The number of nitrogens with one attached hydrogen (secondary N) is 2. The summed E-state index contributed by atoms with van der Waals surface area (Å²) in [5.74, 6) is -2.84. The third-order valence-electron chi connectivity index (χ3n) is 7.03. The molecule has 1 saturated heterocycles. The predicted octanol–water partition coefficient (Wildman–Crippen LogP) is -0.396. The molecule has 1 aliphatic rings. The van der Waals surface area contributed by atoms with Crippen molar-refractivity contribution in [1.82, 2.24) is 15.5 Å². The number of phenols is 1. The van der Waals surface area contributed by atoms with Gasteiger partial charge in [-0.1, -0.05) is 42.5 Å². The second-order valence-electron chi connectivity index (χ2n) is 10.3. The average molecular weight is 582 g/mol. The van der Waals surface area contributed by atoms with Crippen LogP contribution in [0.5, 0.6) is 5.75 Å². The molecule has 2 aromatic rings. The number of guanidine groups is 1. The molecule has 1 aliphatic heterocycles. The minimum Gasteiger partial charge on any atom is -0.508 e. The van der Waals surface area contributed by atoms with Crippen LogP contribution in [0.1, 0.15) is 36.8 Å². The van der Waals surface area contributed by atoms with Gasteiger partial charge in [0.2, 0.25) is 17.7 Å². The number of aromatic hydroxyl groups is 1. The second kappa shape index (κ2) is 15.4. The van der Waals surface area contributed by atoms with E-state index in [9.17, 15) is 29.4 Å². The van der Waals surface area contributed by atoms with Crippen LogP contribution in [-0.4, -0.2) is 82.0 Å². The third kappa shape index (κ3) is 9.47. The van der Waals surface area contributed by atoms with E-state index < -0.39 is 47.9 Å². The number of hydrogen-bond acceptors (Lipinski definition) is 7. The van der Waals surface area contributed by atoms with E-state index in [2.05, 4.69) is 15.6 Å². The summed E-state index contributed by atoms with van der Waals surface area (Å²) < 4.78 is 0. The van der Waals surface area contributed by atoms with Crippen molar-refractivity contribution in [3.05, 3.63) is 65.7 Å². The highest BCUT2D eigenvalue weighted by Gasteiger charge is 2.38. The molecule has 0 aromatic heterocycles. The number of carboxylic acids is 1. The summed E-state index contributed by atoms with van der Waals surface area (Å²) >= 11 is 0. The van der Waals surface area contributed by atoms with Crippen molar-refractivity contribution < 1.29 is 29.4 Å². The van der Waals surface area contributed by atoms with E-state index in [4.69, 9.17) is 17.2 Å². The van der Waals surface area contributed by atoms with Crippen molar-refractivity contribution in [2.75, 3.05) is 13.1 Å². The van der Waals surface area contributed by atoms with Gasteiger partial charge >= 0.3 is 5.97 Å². The Balaban J connectivity index is 1.78. The summed E-state index contributed by atoms with van der Waals surface area (Å²) in [7, 11) is 0. The van der Waals surface area contributed by atoms with Crippen molar-refractivity contribution >= 4 is 29.7 Å². The molecule has 13 heteroatoms. The monoisotopic (exact) mass is 581 g/mol. The summed E-state index contributed by atoms with van der Waals surface area (Å²) in [5, 5.41) is 24.6. The Morgan fingerprint density at radius 2 is 1.57 bits per heavy atom. The highest BCUT2D eigenvalue weighted by atomic mass is 16.4. The van der Waals surface area contributed by atoms with Gasteiger partial charge < -0.3 is 42.9 Å². The third-order valence-corrected chi connectivity index (χ3v) is 7.03. The van der Waals surface area contributed by atoms with Crippen molar-refractivity contribution in [1.29, 1.82) is 0 Å². The van der Waals surface area contributed by atoms with Gasteiger partial charge in [-0.05, 0) is 55.4 Å². The van der Waals surface area contributed by atoms with Gasteiger partial charge in [0.1, 0.15) is 23.9 Å². The molecule has 1 fully saturated rings. The Kier molecular flexibility index (Phi) is 11.7. The molecule has 0 bridgehead atoms. The summed E-state index contributed by atoms with van der Waals surface area (Å²) in [6.45, 7) is 0.465. The lowest BCUT2D eigenvalue weighted by molar-refractivity contribution is -0.149. The number of rotatable bonds is 14. The first-order valence-corrected chi connectivity index (χ1v) is 13.8. The van der Waals surface area contributed by atoms with E-state index in [0.29, 0.717) is 19.3 Å². The molecule has 0 saturated carbocycles. The van der Waals surface area contributed by atoms with Crippen molar-refractivity contribution in [3.8, 4) is 5.75 Å². The van der Waals surface area contributed by atoms with E-state index in [1.807, 2.05) is 18.2 Å². The molecule has 4 atom stereocenters. The van der Waals surface area contributed by atoms with Gasteiger partial charge in [0, 0.05) is 19.5 Å². The van der Waals surface area contributed by atoms with E-state index in [0.717, 1.165) is 11.1 Å². The van der Waals surface area contributed by atoms with Gasteiger partial charge in [0.25, 0.3) is 0 Å². The topological polar surface area (TPSA) is 226 Å². The number of aliphatic imine (C=N–C) groups is 1. The number of carbonyl (C=O) groups excluding carboxylic acids is 3. The summed E-state index contributed by atoms with van der Waals surface area (Å²) in [4.78, 5) is 57.2. The summed E-state index contributed by atoms with van der Waals surface area (Å²) in [6.07, 6.45) is 1.64. The highest BCUT2D eigenvalue weighted by molar-refractivity contribution is 5.94.